The number of aryl methyl sites for hydroxylation is 16. The zero-order chi connectivity index (χ0) is 81.4. The molecule has 0 unspecified atom stereocenters. The van der Waals surface area contributed by atoms with E-state index in [0.29, 0.717) is 19.5 Å². The van der Waals surface area contributed by atoms with Gasteiger partial charge in [-0.05, 0) is 332 Å². The lowest BCUT2D eigenvalue weighted by molar-refractivity contribution is -0.254. The van der Waals surface area contributed by atoms with Crippen LogP contribution in [0.3, 0.4) is 0 Å². The van der Waals surface area contributed by atoms with E-state index in [4.69, 9.17) is 0 Å². The van der Waals surface area contributed by atoms with Crippen LogP contribution in [0.2, 0.25) is 0 Å². The zero-order valence-electron chi connectivity index (χ0n) is 62.3. The van der Waals surface area contributed by atoms with E-state index in [9.17, 15) is 0 Å². The van der Waals surface area contributed by atoms with Gasteiger partial charge in [0.1, 0.15) is 0 Å². The van der Waals surface area contributed by atoms with Crippen LogP contribution in [0.15, 0.2) is 111 Å². The summed E-state index contributed by atoms with van der Waals surface area (Å²) in [6.45, 7) is 36.6. The molecule has 2 aliphatic carbocycles. The normalized spacial score (nSPS) is 13.2. The van der Waals surface area contributed by atoms with Crippen LogP contribution >= 0.6 is 216 Å². The Morgan fingerprint density at radius 1 is 0.327 bits per heavy atom. The van der Waals surface area contributed by atoms with Crippen LogP contribution in [0.5, 0.6) is 0 Å². The van der Waals surface area contributed by atoms with E-state index in [1.807, 2.05) is 134 Å². The SMILES string of the molecule is Brc1cc(Br)c(Br)s1.C1=CCCC1.CC.Cc1cc(-c2cc(Br)c(-c3cc(C)c(C)s3)s2)sc1C.Cc1cc(-c2cc(C3=C(c4cc(-c5cc(C)c(C)s5)sc4-c4cc(C)c(C)s4)C(F)(F)C(F)(F)C3(F)F)c(-c3cc(C)c(C)s3)s2)sc1C.Cc1cc(Br)sc1C.Cc1ccsc1C.S=S=S=S=S=S=S=S=S=S=S. The lowest BCUT2D eigenvalue weighted by Crippen LogP contribution is -2.48. The second-order valence-corrected chi connectivity index (χ2v) is 60.0. The molecule has 0 atom stereocenters. The first-order valence-electron chi connectivity index (χ1n) is 33.0. The number of hydrogen-bond acceptors (Lipinski definition) is 14. The Morgan fingerprint density at radius 2 is 0.636 bits per heavy atom. The van der Waals surface area contributed by atoms with Crippen molar-refractivity contribution in [2.75, 3.05) is 0 Å². The fourth-order valence-corrected chi connectivity index (χ4v) is 46.3. The van der Waals surface area contributed by atoms with Crippen LogP contribution in [-0.4, -0.2) is 17.8 Å². The summed E-state index contributed by atoms with van der Waals surface area (Å²) < 4.78 is 103. The molecule has 0 saturated carbocycles. The Hall–Kier alpha value is 0.280. The third kappa shape index (κ3) is 25.5. The molecule has 14 rings (SSSR count). The highest BCUT2D eigenvalue weighted by Gasteiger charge is 2.80. The lowest BCUT2D eigenvalue weighted by atomic mass is 9.94. The van der Waals surface area contributed by atoms with E-state index in [1.165, 1.54) is 187 Å². The van der Waals surface area contributed by atoms with E-state index in [0.717, 1.165) is 63.6 Å². The molecule has 0 amide bonds. The molecule has 0 aromatic carbocycles. The summed E-state index contributed by atoms with van der Waals surface area (Å²) in [4.78, 5) is 19.4. The summed E-state index contributed by atoms with van der Waals surface area (Å²) in [7, 11) is 14.5. The van der Waals surface area contributed by atoms with Crippen LogP contribution in [0.1, 0.15) is 128 Å². The Balaban J connectivity index is 0.000000222. The molecule has 12 aromatic heterocycles. The van der Waals surface area contributed by atoms with Gasteiger partial charge in [0, 0.05) is 216 Å². The van der Waals surface area contributed by atoms with E-state index < -0.39 is 28.9 Å². The van der Waals surface area contributed by atoms with Crippen molar-refractivity contribution in [1.82, 2.24) is 0 Å². The Morgan fingerprint density at radius 3 is 0.873 bits per heavy atom. The Labute approximate surface area is 769 Å². The van der Waals surface area contributed by atoms with Gasteiger partial charge in [-0.3, -0.25) is 0 Å². The molecule has 594 valence electrons. The van der Waals surface area contributed by atoms with Gasteiger partial charge in [0.05, 0.1) is 26.0 Å². The van der Waals surface area contributed by atoms with Crippen molar-refractivity contribution in [3.05, 3.63) is 205 Å². The predicted molar refractivity (Wildman–Crippen MR) is 537 cm³/mol. The van der Waals surface area contributed by atoms with Gasteiger partial charge < -0.3 is 0 Å². The molecular formula is C76H75Br5F6S23. The third-order valence-corrected chi connectivity index (χ3v) is 53.2. The minimum Gasteiger partial charge on any atom is -0.194 e. The number of alkyl halides is 6. The van der Waals surface area contributed by atoms with Crippen LogP contribution < -0.4 is 0 Å². The van der Waals surface area contributed by atoms with Gasteiger partial charge in [0.25, 0.3) is 0 Å². The highest BCUT2D eigenvalue weighted by Crippen LogP contribution is 2.68. The van der Waals surface area contributed by atoms with Crippen molar-refractivity contribution in [2.45, 2.75) is 162 Å². The predicted octanol–water partition coefficient (Wildman–Crippen LogP) is 34.5. The number of thiophene rings is 12. The standard InChI is InChI=1S/C37H30F6S6.C16H15BrS3.C6H7BrS.C6H8S.C5H8.C4HBr3S.C2H6.S11/c1-15-9-25(44-19(15)5)27-13-23(33(48-27)29-11-17(3)21(7)46-29)31-32(36(40,41)37(42,43)35(31,38)39)24-14-28(26-10-16(2)20(6)45-26)49-34(24)30-12-18(4)22(8)47-30;1-8-5-13(18-10(8)3)14-7-12(17)16(20-14)15-6-9(2)11(4)19-15;1-4-3-6(7)8-5(4)2;1-5-3-4-7-6(5)2;1-2-4-5-3-1;5-2-1-3(6)8-4(2)7;1-2;1-3-5-7-9-11-10-8-6-4-2/h9-14H,1-8H3;5-7H,1-4H3;3H,1-2H3;3-4H,1-2H3;1-2H,3-5H2;1H;1-2H3;. The summed E-state index contributed by atoms with van der Waals surface area (Å²) >= 11 is 45.4. The number of rotatable bonds is 8. The van der Waals surface area contributed by atoms with Crippen molar-refractivity contribution >= 4 is 329 Å². The molecule has 0 bridgehead atoms. The Kier molecular flexibility index (Phi) is 40.1. The molecule has 0 saturated heterocycles. The molecule has 0 fully saturated rings. The fourth-order valence-electron chi connectivity index (χ4n) is 9.96. The van der Waals surface area contributed by atoms with Crippen LogP contribution in [0, 0.1) is 111 Å². The number of hydrogen-bond donors (Lipinski definition) is 0. The van der Waals surface area contributed by atoms with E-state index in [-0.39, 0.29) is 20.9 Å². The summed E-state index contributed by atoms with van der Waals surface area (Å²) in [6, 6.07) is 23.5. The molecule has 0 N–H and O–H groups in total. The van der Waals surface area contributed by atoms with Crippen LogP contribution in [-0.2, 0) is 102 Å². The second kappa shape index (κ2) is 45.2. The second-order valence-electron chi connectivity index (χ2n) is 24.2. The van der Waals surface area contributed by atoms with Crippen molar-refractivity contribution in [3.63, 3.8) is 0 Å². The minimum absolute atomic E-state index is 0.276. The first-order chi connectivity index (χ1) is 51.9. The molecule has 110 heavy (non-hydrogen) atoms. The lowest BCUT2D eigenvalue weighted by Gasteiger charge is -2.25. The van der Waals surface area contributed by atoms with Crippen molar-refractivity contribution in [2.24, 2.45) is 0 Å². The van der Waals surface area contributed by atoms with Gasteiger partial charge in [0.2, 0.25) is 0 Å². The van der Waals surface area contributed by atoms with Crippen molar-refractivity contribution < 1.29 is 26.3 Å². The maximum absolute atomic E-state index is 16.5. The molecule has 0 radical (unpaired) electrons. The van der Waals surface area contributed by atoms with E-state index in [2.05, 4.69) is 205 Å². The fraction of sp³-hybridized carbons (Fsp3) is 0.316. The molecule has 12 heterocycles. The molecule has 2 aliphatic rings. The van der Waals surface area contributed by atoms with Gasteiger partial charge in [0.15, 0.2) is 0 Å². The van der Waals surface area contributed by atoms with Gasteiger partial charge in [-0.1, -0.05) is 26.0 Å². The number of halogens is 11. The van der Waals surface area contributed by atoms with Crippen LogP contribution in [0.25, 0.3) is 69.7 Å². The average Bonchev–Trinajstić information content (AvgIpc) is 1.52. The summed E-state index contributed by atoms with van der Waals surface area (Å²) in [5.74, 6) is -16.0. The topological polar surface area (TPSA) is 0 Å². The summed E-state index contributed by atoms with van der Waals surface area (Å²) in [6.07, 6.45) is 8.50. The highest BCUT2D eigenvalue weighted by atomic mass is 79.9. The maximum Gasteiger partial charge on any atom is 0.380 e. The zero-order valence-corrected chi connectivity index (χ0v) is 89.0. The summed E-state index contributed by atoms with van der Waals surface area (Å²) in [5, 5.41) is 2.12. The first-order valence-corrected chi connectivity index (χ1v) is 60.2. The van der Waals surface area contributed by atoms with Gasteiger partial charge in [-0.25, -0.2) is 0 Å². The smallest absolute Gasteiger partial charge is 0.194 e. The molecular weight excluding hydrogens is 2160 g/mol. The minimum atomic E-state index is -5.67. The molecule has 0 aliphatic heterocycles. The quantitative estimate of drug-likeness (QED) is 0.110. The van der Waals surface area contributed by atoms with Gasteiger partial charge in [-0.2, -0.15) is 26.3 Å². The monoisotopic (exact) mass is 2230 g/mol. The molecule has 12 aromatic rings. The molecule has 0 nitrogen and oxygen atoms in total. The van der Waals surface area contributed by atoms with Crippen molar-refractivity contribution in [1.29, 1.82) is 0 Å². The maximum atomic E-state index is 16.5. The third-order valence-electron chi connectivity index (χ3n) is 16.8. The van der Waals surface area contributed by atoms with Crippen LogP contribution in [0.4, 0.5) is 26.3 Å². The van der Waals surface area contributed by atoms with Crippen molar-refractivity contribution in [3.8, 4) is 58.5 Å². The largest absolute Gasteiger partial charge is 0.380 e. The summed E-state index contributed by atoms with van der Waals surface area (Å²) in [5.41, 5.74) is 6.21. The number of allylic oxidation sites excluding steroid dienone is 4. The average molecular weight is 2240 g/mol. The molecule has 0 spiro atoms. The van der Waals surface area contributed by atoms with E-state index >= 15 is 26.3 Å². The molecule has 34 heteroatoms. The van der Waals surface area contributed by atoms with Gasteiger partial charge in [-0.15, -0.1) is 136 Å². The van der Waals surface area contributed by atoms with E-state index in [1.54, 1.807) is 96.2 Å². The highest BCUT2D eigenvalue weighted by molar-refractivity contribution is 9.14. The first kappa shape index (κ1) is 97.4. The Bertz CT molecular complexity index is 5260. The van der Waals surface area contributed by atoms with Gasteiger partial charge >= 0.3 is 17.8 Å².